The third kappa shape index (κ3) is 1.02. The average molecular weight is 168 g/mol. The third-order valence-corrected chi connectivity index (χ3v) is 4.11. The minimum Gasteiger partial charge on any atom is -0.363 e. The molecule has 1 heterocycles. The van der Waals surface area contributed by atoms with E-state index in [9.17, 15) is 0 Å². The summed E-state index contributed by atoms with van der Waals surface area (Å²) in [5, 5.41) is 0. The molecule has 0 N–H and O–H groups in total. The summed E-state index contributed by atoms with van der Waals surface area (Å²) >= 11 is 0. The normalized spacial score (nSPS) is 52.2. The van der Waals surface area contributed by atoms with E-state index in [4.69, 9.17) is 4.74 Å². The predicted molar refractivity (Wildman–Crippen MR) is 50.1 cm³/mol. The lowest BCUT2D eigenvalue weighted by molar-refractivity contribution is 0.234. The largest absolute Gasteiger partial charge is 0.363 e. The van der Waals surface area contributed by atoms with Crippen LogP contribution in [0.5, 0.6) is 0 Å². The van der Waals surface area contributed by atoms with Crippen LogP contribution in [0.25, 0.3) is 0 Å². The lowest BCUT2D eigenvalue weighted by Crippen LogP contribution is -2.31. The fraction of sp³-hybridized carbons (Fsp3) is 1.00. The first-order chi connectivity index (χ1) is 5.47. The van der Waals surface area contributed by atoms with Crippen LogP contribution in [0.15, 0.2) is 0 Å². The van der Waals surface area contributed by atoms with E-state index < -0.39 is 0 Å². The summed E-state index contributed by atoms with van der Waals surface area (Å²) in [6, 6.07) is 0. The van der Waals surface area contributed by atoms with Crippen molar-refractivity contribution < 1.29 is 4.74 Å². The molecule has 1 aliphatic heterocycles. The van der Waals surface area contributed by atoms with Gasteiger partial charge in [0.1, 0.15) is 0 Å². The molecule has 0 aromatic rings. The molecular formula is C11H20O. The topological polar surface area (TPSA) is 12.5 Å². The van der Waals surface area contributed by atoms with E-state index in [1.807, 2.05) is 0 Å². The van der Waals surface area contributed by atoms with Gasteiger partial charge in [0, 0.05) is 0 Å². The van der Waals surface area contributed by atoms with Crippen molar-refractivity contribution in [2.75, 3.05) is 0 Å². The van der Waals surface area contributed by atoms with Gasteiger partial charge in [-0.1, -0.05) is 13.8 Å². The quantitative estimate of drug-likeness (QED) is 0.548. The number of epoxide rings is 1. The maximum atomic E-state index is 5.83. The van der Waals surface area contributed by atoms with Gasteiger partial charge in [-0.2, -0.15) is 0 Å². The smallest absolute Gasteiger partial charge is 0.0952 e. The Morgan fingerprint density at radius 3 is 2.42 bits per heavy atom. The Balaban J connectivity index is 2.04. The van der Waals surface area contributed by atoms with Gasteiger partial charge in [-0.05, 0) is 44.9 Å². The van der Waals surface area contributed by atoms with Crippen LogP contribution >= 0.6 is 0 Å². The number of ether oxygens (including phenoxy) is 1. The second-order valence-corrected chi connectivity index (χ2v) is 5.31. The molecule has 2 rings (SSSR count). The Hall–Kier alpha value is -0.0400. The van der Waals surface area contributed by atoms with Crippen molar-refractivity contribution in [3.05, 3.63) is 0 Å². The number of fused-ring (bicyclic) bond motifs is 1. The van der Waals surface area contributed by atoms with Gasteiger partial charge < -0.3 is 4.74 Å². The van der Waals surface area contributed by atoms with Crippen LogP contribution < -0.4 is 0 Å². The molecule has 1 heteroatoms. The van der Waals surface area contributed by atoms with Crippen molar-refractivity contribution in [3.63, 3.8) is 0 Å². The van der Waals surface area contributed by atoms with Crippen molar-refractivity contribution >= 4 is 0 Å². The maximum absolute atomic E-state index is 5.83. The number of hydrogen-bond acceptors (Lipinski definition) is 1. The first kappa shape index (κ1) is 8.55. The summed E-state index contributed by atoms with van der Waals surface area (Å²) in [5.41, 5.74) is 0.485. The van der Waals surface area contributed by atoms with E-state index in [1.54, 1.807) is 0 Å². The van der Waals surface area contributed by atoms with E-state index in [0.29, 0.717) is 0 Å². The van der Waals surface area contributed by atoms with Crippen LogP contribution in [-0.4, -0.2) is 11.2 Å². The second kappa shape index (κ2) is 2.25. The van der Waals surface area contributed by atoms with E-state index in [1.165, 1.54) is 19.3 Å². The van der Waals surface area contributed by atoms with Gasteiger partial charge >= 0.3 is 0 Å². The highest BCUT2D eigenvalue weighted by Gasteiger charge is 2.65. The van der Waals surface area contributed by atoms with Gasteiger partial charge in [0.2, 0.25) is 0 Å². The highest BCUT2D eigenvalue weighted by Crippen LogP contribution is 2.59. The van der Waals surface area contributed by atoms with E-state index in [2.05, 4.69) is 27.7 Å². The molecule has 1 aliphatic carbocycles. The molecule has 0 aromatic carbocycles. The molecule has 12 heavy (non-hydrogen) atoms. The molecule has 2 aliphatic rings. The van der Waals surface area contributed by atoms with Crippen molar-refractivity contribution in [3.8, 4) is 0 Å². The van der Waals surface area contributed by atoms with Gasteiger partial charge in [-0.3, -0.25) is 0 Å². The molecule has 1 nitrogen and oxygen atoms in total. The van der Waals surface area contributed by atoms with E-state index in [0.717, 1.165) is 11.8 Å². The van der Waals surface area contributed by atoms with Crippen LogP contribution in [0.3, 0.4) is 0 Å². The Kier molecular flexibility index (Phi) is 1.61. The van der Waals surface area contributed by atoms with Crippen molar-refractivity contribution in [1.82, 2.24) is 0 Å². The summed E-state index contributed by atoms with van der Waals surface area (Å²) in [7, 11) is 0. The minimum atomic E-state index is 0.236. The first-order valence-corrected chi connectivity index (χ1v) is 5.17. The number of hydrogen-bond donors (Lipinski definition) is 0. The minimum absolute atomic E-state index is 0.236. The molecule has 3 unspecified atom stereocenters. The summed E-state index contributed by atoms with van der Waals surface area (Å²) in [6.45, 7) is 9.21. The van der Waals surface area contributed by atoms with Crippen LogP contribution in [0.1, 0.15) is 47.0 Å². The van der Waals surface area contributed by atoms with Crippen molar-refractivity contribution in [2.45, 2.75) is 58.2 Å². The molecule has 0 radical (unpaired) electrons. The maximum Gasteiger partial charge on any atom is 0.0952 e. The van der Waals surface area contributed by atoms with Crippen LogP contribution in [-0.2, 0) is 4.74 Å². The number of rotatable bonds is 1. The molecule has 2 fully saturated rings. The summed E-state index contributed by atoms with van der Waals surface area (Å²) in [5.74, 6) is 1.72. The lowest BCUT2D eigenvalue weighted by atomic mass is 9.72. The van der Waals surface area contributed by atoms with Crippen molar-refractivity contribution in [2.24, 2.45) is 11.8 Å². The van der Waals surface area contributed by atoms with Crippen LogP contribution in [0, 0.1) is 11.8 Å². The van der Waals surface area contributed by atoms with Gasteiger partial charge in [0.05, 0.1) is 11.2 Å². The van der Waals surface area contributed by atoms with E-state index >= 15 is 0 Å². The predicted octanol–water partition coefficient (Wildman–Crippen LogP) is 2.99. The lowest BCUT2D eigenvalue weighted by Gasteiger charge is -2.29. The molecule has 0 bridgehead atoms. The Labute approximate surface area is 75.5 Å². The summed E-state index contributed by atoms with van der Waals surface area (Å²) in [4.78, 5) is 0. The zero-order chi connectivity index (χ0) is 8.98. The van der Waals surface area contributed by atoms with Gasteiger partial charge in [0.25, 0.3) is 0 Å². The molecule has 70 valence electrons. The fourth-order valence-corrected chi connectivity index (χ4v) is 2.68. The second-order valence-electron chi connectivity index (χ2n) is 5.31. The third-order valence-electron chi connectivity index (χ3n) is 4.11. The van der Waals surface area contributed by atoms with Gasteiger partial charge in [-0.15, -0.1) is 0 Å². The molecule has 1 saturated heterocycles. The van der Waals surface area contributed by atoms with Crippen LogP contribution in [0.4, 0.5) is 0 Å². The highest BCUT2D eigenvalue weighted by atomic mass is 16.6. The zero-order valence-corrected chi connectivity index (χ0v) is 8.68. The molecule has 3 atom stereocenters. The average Bonchev–Trinajstić information content (AvgIpc) is 2.51. The van der Waals surface area contributed by atoms with Crippen molar-refractivity contribution in [1.29, 1.82) is 0 Å². The Bertz CT molecular complexity index is 199. The fourth-order valence-electron chi connectivity index (χ4n) is 2.68. The monoisotopic (exact) mass is 168 g/mol. The van der Waals surface area contributed by atoms with Gasteiger partial charge in [-0.25, -0.2) is 0 Å². The Morgan fingerprint density at radius 1 is 1.25 bits per heavy atom. The molecule has 0 spiro atoms. The highest BCUT2D eigenvalue weighted by molar-refractivity contribution is 5.14. The molecule has 0 aromatic heterocycles. The zero-order valence-electron chi connectivity index (χ0n) is 8.68. The SMILES string of the molecule is CC(C)C1CCC2(C)OC2(C)C1. The van der Waals surface area contributed by atoms with E-state index in [-0.39, 0.29) is 11.2 Å². The van der Waals surface area contributed by atoms with Gasteiger partial charge in [0.15, 0.2) is 0 Å². The molecular weight excluding hydrogens is 148 g/mol. The summed E-state index contributed by atoms with van der Waals surface area (Å²) < 4.78 is 5.83. The molecule has 1 saturated carbocycles. The summed E-state index contributed by atoms with van der Waals surface area (Å²) in [6.07, 6.45) is 3.91. The van der Waals surface area contributed by atoms with Crippen LogP contribution in [0.2, 0.25) is 0 Å². The Morgan fingerprint density at radius 2 is 1.92 bits per heavy atom. The standard InChI is InChI=1S/C11H20O/c1-8(2)9-5-6-10(3)11(4,7-9)12-10/h8-9H,5-7H2,1-4H3. The first-order valence-electron chi connectivity index (χ1n) is 5.17. The molecule has 0 amide bonds.